The van der Waals surface area contributed by atoms with Crippen molar-refractivity contribution in [2.45, 2.75) is 199 Å². The summed E-state index contributed by atoms with van der Waals surface area (Å²) >= 11 is 0. The summed E-state index contributed by atoms with van der Waals surface area (Å²) < 4.78 is 57.2. The first-order chi connectivity index (χ1) is 28.3. The van der Waals surface area contributed by atoms with Crippen molar-refractivity contribution in [1.82, 2.24) is 9.55 Å². The number of aliphatic hydroxyl groups is 2. The largest absolute Gasteiger partial charge is 0.481 e. The Hall–Kier alpha value is -1.75. The number of rotatable bonds is 37. The summed E-state index contributed by atoms with van der Waals surface area (Å²) in [7, 11) is -10.6. The summed E-state index contributed by atoms with van der Waals surface area (Å²) in [5, 5.41) is 20.8. The summed E-state index contributed by atoms with van der Waals surface area (Å²) in [5.74, 6) is -0.612. The molecule has 1 aliphatic rings. The monoisotopic (exact) mass is 883 g/mol. The highest BCUT2D eigenvalue weighted by Crippen LogP contribution is 2.60. The first-order valence-corrected chi connectivity index (χ1v) is 25.1. The second kappa shape index (κ2) is 31.1. The lowest BCUT2D eigenvalue weighted by Gasteiger charge is -2.21. The van der Waals surface area contributed by atoms with Crippen LogP contribution in [0.3, 0.4) is 0 Å². The zero-order valence-corrected chi connectivity index (χ0v) is 37.4. The van der Waals surface area contributed by atoms with Crippen LogP contribution in [0.1, 0.15) is 174 Å². The molecule has 17 nitrogen and oxygen atoms in total. The average Bonchev–Trinajstić information content (AvgIpc) is 3.46. The number of phosphoric ester groups is 2. The van der Waals surface area contributed by atoms with Crippen molar-refractivity contribution in [3.8, 4) is 0 Å². The van der Waals surface area contributed by atoms with Gasteiger partial charge in [-0.3, -0.25) is 18.4 Å². The van der Waals surface area contributed by atoms with Gasteiger partial charge >= 0.3 is 27.3 Å². The molecule has 7 unspecified atom stereocenters. The van der Waals surface area contributed by atoms with Gasteiger partial charge in [-0.15, -0.1) is 0 Å². The van der Waals surface area contributed by atoms with Crippen LogP contribution in [0.25, 0.3) is 0 Å². The van der Waals surface area contributed by atoms with Crippen molar-refractivity contribution in [3.63, 3.8) is 0 Å². The van der Waals surface area contributed by atoms with Crippen molar-refractivity contribution in [2.75, 3.05) is 32.2 Å². The molecule has 0 aromatic carbocycles. The molecule has 19 heteroatoms. The zero-order chi connectivity index (χ0) is 43.4. The smallest absolute Gasteiger partial charge is 0.457 e. The SMILES string of the molecule is CCCCCCCCCCCCCCCCOCC(COP(=O)(O)OP(=O)(O)OCC1OC(n2ccc(N)nc2=O)C(O)C1O)OC(=O)CCCCCCCCCCC. The average molecular weight is 884 g/mol. The van der Waals surface area contributed by atoms with Gasteiger partial charge in [-0.2, -0.15) is 9.29 Å². The lowest BCUT2D eigenvalue weighted by molar-refractivity contribution is -0.154. The van der Waals surface area contributed by atoms with E-state index in [0.717, 1.165) is 49.5 Å². The van der Waals surface area contributed by atoms with Gasteiger partial charge in [0, 0.05) is 19.2 Å². The third-order valence-corrected chi connectivity index (χ3v) is 12.8. The summed E-state index contributed by atoms with van der Waals surface area (Å²) in [4.78, 5) is 48.9. The summed E-state index contributed by atoms with van der Waals surface area (Å²) in [6, 6.07) is 1.26. The molecule has 1 fully saturated rings. The third kappa shape index (κ3) is 24.5. The molecule has 1 aliphatic heterocycles. The number of aromatic nitrogens is 2. The standard InChI is InChI=1S/C40H75N3O14P2/c1-3-5-7-9-11-13-14-15-16-17-19-21-23-25-29-52-30-33(55-36(44)26-24-22-20-18-12-10-8-6-4-2)31-53-58(48,49)57-59(50,51)54-32-34-37(45)38(46)39(56-34)43-28-27-35(41)42-40(43)47/h27-28,33-34,37-39,45-46H,3-26,29-32H2,1-2H3,(H,48,49)(H,50,51)(H2,41,42,47). The van der Waals surface area contributed by atoms with Crippen LogP contribution in [0.4, 0.5) is 5.82 Å². The van der Waals surface area contributed by atoms with E-state index in [-0.39, 0.29) is 18.8 Å². The van der Waals surface area contributed by atoms with Crippen molar-refractivity contribution < 1.29 is 61.5 Å². The Morgan fingerprint density at radius 1 is 0.763 bits per heavy atom. The van der Waals surface area contributed by atoms with Crippen LogP contribution in [-0.4, -0.2) is 86.4 Å². The number of carbonyl (C=O) groups is 1. The lowest BCUT2D eigenvalue weighted by Crippen LogP contribution is -2.36. The minimum Gasteiger partial charge on any atom is -0.457 e. The van der Waals surface area contributed by atoms with Gasteiger partial charge in [0.25, 0.3) is 0 Å². The van der Waals surface area contributed by atoms with Crippen LogP contribution in [0.15, 0.2) is 17.1 Å². The number of hydrogen-bond donors (Lipinski definition) is 5. The molecule has 344 valence electrons. The maximum atomic E-state index is 12.8. The number of nitrogens with zero attached hydrogens (tertiary/aromatic N) is 2. The van der Waals surface area contributed by atoms with E-state index in [2.05, 4.69) is 23.1 Å². The van der Waals surface area contributed by atoms with Crippen LogP contribution in [0, 0.1) is 0 Å². The molecule has 0 spiro atoms. The second-order valence-corrected chi connectivity index (χ2v) is 18.6. The summed E-state index contributed by atoms with van der Waals surface area (Å²) in [6.45, 7) is 3.08. The van der Waals surface area contributed by atoms with Gasteiger partial charge in [0.15, 0.2) is 6.23 Å². The van der Waals surface area contributed by atoms with E-state index in [9.17, 15) is 38.7 Å². The molecular weight excluding hydrogens is 808 g/mol. The van der Waals surface area contributed by atoms with Crippen molar-refractivity contribution in [1.29, 1.82) is 0 Å². The maximum Gasteiger partial charge on any atom is 0.481 e. The van der Waals surface area contributed by atoms with Gasteiger partial charge in [0.1, 0.15) is 30.2 Å². The van der Waals surface area contributed by atoms with Crippen LogP contribution in [0.5, 0.6) is 0 Å². The molecule has 2 rings (SSSR count). The van der Waals surface area contributed by atoms with Gasteiger partial charge in [-0.05, 0) is 18.9 Å². The van der Waals surface area contributed by atoms with Crippen molar-refractivity contribution >= 4 is 27.4 Å². The maximum absolute atomic E-state index is 12.8. The first-order valence-electron chi connectivity index (χ1n) is 22.1. The fourth-order valence-electron chi connectivity index (χ4n) is 6.79. The number of phosphoric acid groups is 2. The Morgan fingerprint density at radius 3 is 1.78 bits per heavy atom. The number of nitrogens with two attached hydrogens (primary N) is 1. The highest BCUT2D eigenvalue weighted by molar-refractivity contribution is 7.61. The number of unbranched alkanes of at least 4 members (excludes halogenated alkanes) is 21. The Kier molecular flexibility index (Phi) is 28.2. The summed E-state index contributed by atoms with van der Waals surface area (Å²) in [6.07, 6.45) is 20.6. The minimum absolute atomic E-state index is 0.0838. The Bertz CT molecular complexity index is 1420. The number of carbonyl (C=O) groups excluding carboxylic acids is 1. The Labute approximate surface area is 351 Å². The van der Waals surface area contributed by atoms with Crippen molar-refractivity contribution in [2.24, 2.45) is 0 Å². The van der Waals surface area contributed by atoms with Gasteiger partial charge in [0.05, 0.1) is 19.8 Å². The minimum atomic E-state index is -5.34. The van der Waals surface area contributed by atoms with E-state index in [1.165, 1.54) is 109 Å². The zero-order valence-electron chi connectivity index (χ0n) is 35.6. The molecule has 59 heavy (non-hydrogen) atoms. The molecule has 1 saturated heterocycles. The number of aliphatic hydroxyl groups excluding tert-OH is 2. The Morgan fingerprint density at radius 2 is 1.25 bits per heavy atom. The van der Waals surface area contributed by atoms with Crippen LogP contribution < -0.4 is 11.4 Å². The molecular formula is C40H75N3O14P2. The van der Waals surface area contributed by atoms with Crippen LogP contribution >= 0.6 is 15.6 Å². The van der Waals surface area contributed by atoms with Crippen molar-refractivity contribution in [3.05, 3.63) is 22.7 Å². The molecule has 0 saturated carbocycles. The third-order valence-electron chi connectivity index (χ3n) is 10.2. The highest BCUT2D eigenvalue weighted by Gasteiger charge is 2.46. The van der Waals surface area contributed by atoms with Gasteiger partial charge in [0.2, 0.25) is 0 Å². The fraction of sp³-hybridized carbons (Fsp3) is 0.875. The number of ether oxygens (including phenoxy) is 3. The molecule has 2 heterocycles. The molecule has 0 aliphatic carbocycles. The molecule has 0 radical (unpaired) electrons. The van der Waals surface area contributed by atoms with E-state index in [1.807, 2.05) is 0 Å². The van der Waals surface area contributed by atoms with E-state index < -0.39 is 71.2 Å². The van der Waals surface area contributed by atoms with Crippen LogP contribution in [0.2, 0.25) is 0 Å². The number of hydrogen-bond acceptors (Lipinski definition) is 14. The van der Waals surface area contributed by atoms with Crippen LogP contribution in [-0.2, 0) is 41.5 Å². The fourth-order valence-corrected chi connectivity index (χ4v) is 8.90. The number of nitrogen functional groups attached to an aromatic ring is 1. The van der Waals surface area contributed by atoms with Gasteiger partial charge < -0.3 is 39.9 Å². The molecule has 0 amide bonds. The molecule has 1 aromatic heterocycles. The lowest BCUT2D eigenvalue weighted by atomic mass is 10.0. The quantitative estimate of drug-likeness (QED) is 0.0241. The predicted octanol–water partition coefficient (Wildman–Crippen LogP) is 8.03. The Balaban J connectivity index is 1.79. The molecule has 0 bridgehead atoms. The van der Waals surface area contributed by atoms with Gasteiger partial charge in [-0.1, -0.05) is 149 Å². The van der Waals surface area contributed by atoms with Gasteiger partial charge in [-0.25, -0.2) is 13.9 Å². The number of anilines is 1. The molecule has 1 aromatic rings. The topological polar surface area (TPSA) is 248 Å². The summed E-state index contributed by atoms with van der Waals surface area (Å²) in [5.41, 5.74) is 4.60. The first kappa shape index (κ1) is 53.4. The van der Waals surface area contributed by atoms with E-state index in [0.29, 0.717) is 13.0 Å². The van der Waals surface area contributed by atoms with E-state index >= 15 is 0 Å². The normalized spacial score (nSPS) is 20.6. The number of esters is 1. The predicted molar refractivity (Wildman–Crippen MR) is 224 cm³/mol. The molecule has 6 N–H and O–H groups in total. The molecule has 7 atom stereocenters. The highest BCUT2D eigenvalue weighted by atomic mass is 31.3. The van der Waals surface area contributed by atoms with E-state index in [4.69, 9.17) is 29.0 Å². The second-order valence-electron chi connectivity index (χ2n) is 15.6. The van der Waals surface area contributed by atoms with E-state index in [1.54, 1.807) is 0 Å².